The van der Waals surface area contributed by atoms with Crippen molar-refractivity contribution in [2.75, 3.05) is 18.6 Å². The first-order valence-corrected chi connectivity index (χ1v) is 8.03. The Morgan fingerprint density at radius 1 is 1.35 bits per heavy atom. The van der Waals surface area contributed by atoms with E-state index in [1.165, 1.54) is 11.9 Å². The molecule has 1 atom stereocenters. The van der Waals surface area contributed by atoms with Crippen LogP contribution in [-0.4, -0.2) is 43.8 Å². The summed E-state index contributed by atoms with van der Waals surface area (Å²) in [5.74, 6) is -3.06. The van der Waals surface area contributed by atoms with Gasteiger partial charge in [0.05, 0.1) is 22.1 Å². The van der Waals surface area contributed by atoms with E-state index < -0.39 is 33.4 Å². The van der Waals surface area contributed by atoms with Crippen molar-refractivity contribution >= 4 is 27.3 Å². The van der Waals surface area contributed by atoms with Crippen LogP contribution in [0.25, 0.3) is 0 Å². The van der Waals surface area contributed by atoms with Crippen molar-refractivity contribution in [1.29, 1.82) is 0 Å². The highest BCUT2D eigenvalue weighted by atomic mass is 35.5. The molecule has 0 radical (unpaired) electrons. The molecule has 8 heteroatoms. The molecule has 1 fully saturated rings. The van der Waals surface area contributed by atoms with Crippen molar-refractivity contribution in [2.45, 2.75) is 12.5 Å². The Labute approximate surface area is 120 Å². The van der Waals surface area contributed by atoms with Crippen LogP contribution in [0.15, 0.2) is 12.1 Å². The van der Waals surface area contributed by atoms with Gasteiger partial charge in [0.15, 0.2) is 21.5 Å². The van der Waals surface area contributed by atoms with Crippen LogP contribution in [0.4, 0.5) is 8.78 Å². The summed E-state index contributed by atoms with van der Waals surface area (Å²) in [4.78, 5) is 13.4. The smallest absolute Gasteiger partial charge is 0.255 e. The molecule has 1 aliphatic heterocycles. The number of benzene rings is 1. The van der Waals surface area contributed by atoms with Crippen LogP contribution in [0.3, 0.4) is 0 Å². The van der Waals surface area contributed by atoms with Crippen molar-refractivity contribution in [3.63, 3.8) is 0 Å². The van der Waals surface area contributed by atoms with E-state index >= 15 is 0 Å². The number of hydrogen-bond acceptors (Lipinski definition) is 3. The van der Waals surface area contributed by atoms with E-state index in [1.807, 2.05) is 0 Å². The molecule has 1 amide bonds. The Balaban J connectivity index is 2.26. The summed E-state index contributed by atoms with van der Waals surface area (Å²) in [6.45, 7) is 0. The average Bonchev–Trinajstić information content (AvgIpc) is 2.72. The lowest BCUT2D eigenvalue weighted by Gasteiger charge is -2.23. The second-order valence-corrected chi connectivity index (χ2v) is 7.36. The summed E-state index contributed by atoms with van der Waals surface area (Å²) in [7, 11) is -1.72. The lowest BCUT2D eigenvalue weighted by molar-refractivity contribution is 0.0747. The number of carbonyl (C=O) groups is 1. The van der Waals surface area contributed by atoms with Gasteiger partial charge in [-0.1, -0.05) is 11.6 Å². The van der Waals surface area contributed by atoms with Gasteiger partial charge in [-0.25, -0.2) is 17.2 Å². The first kappa shape index (κ1) is 15.2. The lowest BCUT2D eigenvalue weighted by Crippen LogP contribution is -2.38. The van der Waals surface area contributed by atoms with Gasteiger partial charge in [0, 0.05) is 13.1 Å². The zero-order valence-corrected chi connectivity index (χ0v) is 12.1. The van der Waals surface area contributed by atoms with E-state index in [9.17, 15) is 22.0 Å². The van der Waals surface area contributed by atoms with E-state index in [2.05, 4.69) is 0 Å². The van der Waals surface area contributed by atoms with Crippen LogP contribution < -0.4 is 0 Å². The molecule has 0 saturated carbocycles. The molecule has 4 nitrogen and oxygen atoms in total. The molecule has 110 valence electrons. The summed E-state index contributed by atoms with van der Waals surface area (Å²) in [6.07, 6.45) is 0.325. The molecule has 0 N–H and O–H groups in total. The molecular weight excluding hydrogens is 312 g/mol. The normalized spacial score (nSPS) is 20.9. The van der Waals surface area contributed by atoms with Gasteiger partial charge in [-0.3, -0.25) is 4.79 Å². The summed E-state index contributed by atoms with van der Waals surface area (Å²) in [5.41, 5.74) is -0.183. The molecule has 1 saturated heterocycles. The van der Waals surface area contributed by atoms with Crippen LogP contribution in [-0.2, 0) is 9.84 Å². The van der Waals surface area contributed by atoms with Gasteiger partial charge >= 0.3 is 0 Å². The fourth-order valence-corrected chi connectivity index (χ4v) is 4.13. The van der Waals surface area contributed by atoms with Gasteiger partial charge in [-0.2, -0.15) is 0 Å². The number of amides is 1. The zero-order valence-electron chi connectivity index (χ0n) is 10.6. The molecule has 0 bridgehead atoms. The van der Waals surface area contributed by atoms with Crippen LogP contribution >= 0.6 is 11.6 Å². The highest BCUT2D eigenvalue weighted by molar-refractivity contribution is 7.91. The molecule has 1 aliphatic rings. The molecule has 1 aromatic rings. The Hall–Kier alpha value is -1.21. The fourth-order valence-electron chi connectivity index (χ4n) is 2.12. The standard InChI is InChI=1S/C12H12ClF2NO3S/c1-16(7-2-3-20(18,19)6-7)12(17)8-4-10(14)11(15)5-9(8)13/h4-5,7H,2-3,6H2,1H3. The van der Waals surface area contributed by atoms with Crippen molar-refractivity contribution in [3.8, 4) is 0 Å². The third kappa shape index (κ3) is 2.93. The maximum atomic E-state index is 13.2. The van der Waals surface area contributed by atoms with Crippen LogP contribution in [0.5, 0.6) is 0 Å². The molecule has 1 heterocycles. The van der Waals surface area contributed by atoms with Gasteiger partial charge in [-0.15, -0.1) is 0 Å². The number of nitrogens with zero attached hydrogens (tertiary/aromatic N) is 1. The topological polar surface area (TPSA) is 54.5 Å². The minimum absolute atomic E-state index is 0.0147. The van der Waals surface area contributed by atoms with Crippen molar-refractivity contribution in [2.24, 2.45) is 0 Å². The van der Waals surface area contributed by atoms with Gasteiger partial charge in [0.25, 0.3) is 5.91 Å². The first-order valence-electron chi connectivity index (χ1n) is 5.83. The predicted molar refractivity (Wildman–Crippen MR) is 70.5 cm³/mol. The summed E-state index contributed by atoms with van der Waals surface area (Å²) in [6, 6.07) is 0.972. The second-order valence-electron chi connectivity index (χ2n) is 4.72. The maximum absolute atomic E-state index is 13.2. The van der Waals surface area contributed by atoms with E-state index in [4.69, 9.17) is 11.6 Å². The van der Waals surface area contributed by atoms with E-state index in [-0.39, 0.29) is 22.1 Å². The highest BCUT2D eigenvalue weighted by Crippen LogP contribution is 2.24. The van der Waals surface area contributed by atoms with Gasteiger partial charge in [0.2, 0.25) is 0 Å². The zero-order chi connectivity index (χ0) is 15.1. The molecule has 0 aliphatic carbocycles. The van der Waals surface area contributed by atoms with Crippen molar-refractivity contribution in [1.82, 2.24) is 4.90 Å². The molecule has 20 heavy (non-hydrogen) atoms. The molecule has 1 unspecified atom stereocenters. The number of carbonyl (C=O) groups excluding carboxylic acids is 1. The van der Waals surface area contributed by atoms with Crippen molar-refractivity contribution in [3.05, 3.63) is 34.4 Å². The number of halogens is 3. The third-order valence-electron chi connectivity index (χ3n) is 3.32. The maximum Gasteiger partial charge on any atom is 0.255 e. The predicted octanol–water partition coefficient (Wildman–Crippen LogP) is 1.88. The number of rotatable bonds is 2. The highest BCUT2D eigenvalue weighted by Gasteiger charge is 2.33. The molecule has 2 rings (SSSR count). The second kappa shape index (κ2) is 5.29. The summed E-state index contributed by atoms with van der Waals surface area (Å²) < 4.78 is 48.9. The Morgan fingerprint density at radius 3 is 2.50 bits per heavy atom. The number of hydrogen-bond donors (Lipinski definition) is 0. The minimum Gasteiger partial charge on any atom is -0.338 e. The Kier molecular flexibility index (Phi) is 4.02. The summed E-state index contributed by atoms with van der Waals surface area (Å²) in [5, 5.41) is -0.207. The van der Waals surface area contributed by atoms with Gasteiger partial charge in [0.1, 0.15) is 0 Å². The Morgan fingerprint density at radius 2 is 1.95 bits per heavy atom. The summed E-state index contributed by atoms with van der Waals surface area (Å²) >= 11 is 5.73. The van der Waals surface area contributed by atoms with Crippen LogP contribution in [0.1, 0.15) is 16.8 Å². The first-order chi connectivity index (χ1) is 9.21. The van der Waals surface area contributed by atoms with Crippen LogP contribution in [0, 0.1) is 11.6 Å². The van der Waals surface area contributed by atoms with Crippen molar-refractivity contribution < 1.29 is 22.0 Å². The SMILES string of the molecule is CN(C(=O)c1cc(F)c(F)cc1Cl)C1CCS(=O)(=O)C1. The molecule has 1 aromatic carbocycles. The van der Waals surface area contributed by atoms with Gasteiger partial charge < -0.3 is 4.90 Å². The molecule has 0 aromatic heterocycles. The van der Waals surface area contributed by atoms with Crippen LogP contribution in [0.2, 0.25) is 5.02 Å². The number of sulfone groups is 1. The largest absolute Gasteiger partial charge is 0.338 e. The molecular formula is C12H12ClF2NO3S. The Bertz CT molecular complexity index is 663. The minimum atomic E-state index is -3.14. The lowest BCUT2D eigenvalue weighted by atomic mass is 10.1. The van der Waals surface area contributed by atoms with E-state index in [0.29, 0.717) is 6.42 Å². The average molecular weight is 324 g/mol. The quantitative estimate of drug-likeness (QED) is 0.781. The monoisotopic (exact) mass is 323 g/mol. The molecule has 0 spiro atoms. The fraction of sp³-hybridized carbons (Fsp3) is 0.417. The van der Waals surface area contributed by atoms with E-state index in [1.54, 1.807) is 0 Å². The van der Waals surface area contributed by atoms with Gasteiger partial charge in [-0.05, 0) is 18.6 Å². The van der Waals surface area contributed by atoms with E-state index in [0.717, 1.165) is 12.1 Å². The third-order valence-corrected chi connectivity index (χ3v) is 5.38.